The van der Waals surface area contributed by atoms with Crippen molar-refractivity contribution in [1.82, 2.24) is 25.1 Å². The topological polar surface area (TPSA) is 120 Å². The first-order valence-corrected chi connectivity index (χ1v) is 15.5. The smallest absolute Gasteiger partial charge is 0.257 e. The average Bonchev–Trinajstić information content (AvgIpc) is 3.73. The number of aliphatic hydroxyl groups excluding tert-OH is 1. The molecule has 0 radical (unpaired) electrons. The number of benzene rings is 1. The molecule has 11 heteroatoms. The van der Waals surface area contributed by atoms with Crippen LogP contribution in [0.1, 0.15) is 73.5 Å². The molecule has 1 saturated carbocycles. The quantitative estimate of drug-likeness (QED) is 0.278. The summed E-state index contributed by atoms with van der Waals surface area (Å²) in [5, 5.41) is 16.7. The molecule has 228 valence electrons. The van der Waals surface area contributed by atoms with Gasteiger partial charge in [0.25, 0.3) is 11.8 Å². The molecule has 1 aliphatic heterocycles. The number of anilines is 1. The van der Waals surface area contributed by atoms with E-state index < -0.39 is 12.3 Å². The van der Waals surface area contributed by atoms with Crippen molar-refractivity contribution in [2.24, 2.45) is 0 Å². The van der Waals surface area contributed by atoms with Crippen LogP contribution in [0.25, 0.3) is 0 Å². The Labute approximate surface area is 256 Å². The maximum absolute atomic E-state index is 13.3. The predicted molar refractivity (Wildman–Crippen MR) is 168 cm³/mol. The molecule has 2 unspecified atom stereocenters. The Morgan fingerprint density at radius 1 is 1.19 bits per heavy atom. The zero-order valence-corrected chi connectivity index (χ0v) is 26.0. The van der Waals surface area contributed by atoms with Crippen molar-refractivity contribution < 1.29 is 19.4 Å². The summed E-state index contributed by atoms with van der Waals surface area (Å²) in [6.45, 7) is 12.2. The van der Waals surface area contributed by atoms with Crippen LogP contribution in [0, 0.1) is 13.8 Å². The van der Waals surface area contributed by atoms with Crippen LogP contribution in [0.3, 0.4) is 0 Å². The summed E-state index contributed by atoms with van der Waals surface area (Å²) < 4.78 is 6.68. The van der Waals surface area contributed by atoms with E-state index in [-0.39, 0.29) is 23.4 Å². The summed E-state index contributed by atoms with van der Waals surface area (Å²) in [7, 11) is 1.56. The number of aliphatic hydroxyl groups is 1. The summed E-state index contributed by atoms with van der Waals surface area (Å²) in [6.07, 6.45) is 6.38. The third-order valence-electron chi connectivity index (χ3n) is 8.09. The van der Waals surface area contributed by atoms with Gasteiger partial charge in [-0.1, -0.05) is 12.6 Å². The largest absolute Gasteiger partial charge is 0.481 e. The van der Waals surface area contributed by atoms with Crippen molar-refractivity contribution in [1.29, 1.82) is 0 Å². The van der Waals surface area contributed by atoms with Gasteiger partial charge in [-0.3, -0.25) is 19.4 Å². The number of aryl methyl sites for hydroxylation is 2. The number of aromatic nitrogens is 2. The van der Waals surface area contributed by atoms with E-state index in [1.165, 1.54) is 17.7 Å². The molecule has 2 aliphatic rings. The van der Waals surface area contributed by atoms with E-state index in [1.54, 1.807) is 42.8 Å². The fourth-order valence-electron chi connectivity index (χ4n) is 5.43. The van der Waals surface area contributed by atoms with Gasteiger partial charge in [-0.2, -0.15) is 0 Å². The first kappa shape index (κ1) is 30.8. The van der Waals surface area contributed by atoms with Crippen LogP contribution in [0.5, 0.6) is 5.75 Å². The summed E-state index contributed by atoms with van der Waals surface area (Å²) in [5.74, 6) is 0.730. The van der Waals surface area contributed by atoms with Crippen molar-refractivity contribution in [3.05, 3.63) is 81.5 Å². The van der Waals surface area contributed by atoms with Crippen molar-refractivity contribution in [2.45, 2.75) is 57.9 Å². The third-order valence-corrected chi connectivity index (χ3v) is 9.34. The Morgan fingerprint density at radius 3 is 2.65 bits per heavy atom. The molecule has 3 heterocycles. The van der Waals surface area contributed by atoms with Gasteiger partial charge in [0.2, 0.25) is 0 Å². The number of thiazole rings is 1. The lowest BCUT2D eigenvalue weighted by Crippen LogP contribution is -2.55. The number of nitrogens with one attached hydrogen (secondary N) is 2. The minimum Gasteiger partial charge on any atom is -0.481 e. The van der Waals surface area contributed by atoms with E-state index in [2.05, 4.69) is 34.0 Å². The van der Waals surface area contributed by atoms with E-state index in [0.717, 1.165) is 23.7 Å². The minimum absolute atomic E-state index is 0.116. The van der Waals surface area contributed by atoms with Crippen LogP contribution in [0.4, 0.5) is 5.82 Å². The molecule has 10 nitrogen and oxygen atoms in total. The van der Waals surface area contributed by atoms with Crippen LogP contribution in [0.15, 0.2) is 49.3 Å². The molecule has 2 fully saturated rings. The lowest BCUT2D eigenvalue weighted by Gasteiger charge is -2.42. The average molecular weight is 605 g/mol. The fourth-order valence-corrected chi connectivity index (χ4v) is 6.54. The van der Waals surface area contributed by atoms with Gasteiger partial charge in [-0.25, -0.2) is 9.97 Å². The second-order valence-corrected chi connectivity index (χ2v) is 12.4. The highest BCUT2D eigenvalue weighted by molar-refractivity contribution is 7.11. The Morgan fingerprint density at radius 2 is 1.98 bits per heavy atom. The lowest BCUT2D eigenvalue weighted by atomic mass is 10.0. The van der Waals surface area contributed by atoms with Crippen molar-refractivity contribution in [3.8, 4) is 5.75 Å². The number of hydrogen-bond donors (Lipinski definition) is 3. The number of amides is 2. The number of ether oxygens (including phenoxy) is 1. The second-order valence-electron chi connectivity index (χ2n) is 11.3. The first-order valence-electron chi connectivity index (χ1n) is 14.7. The maximum atomic E-state index is 13.3. The first-order chi connectivity index (χ1) is 20.7. The molecule has 0 bridgehead atoms. The number of nitrogens with zero attached hydrogens (tertiary/aromatic N) is 4. The standard InChI is InChI=1S/C32H40N6O4S/c1-6-28(39)38-13-12-37(17-21(38)4)18-26(32-35-16-27(43-32)22-9-10-22)42-25-14-20(3)23(15-24(25)30(40)33-5)31(41)36-29-19(2)8-7-11-34-29/h6-8,11,14-16,21-22,26,28,39H,1,9-10,12-13,17-18H2,2-5H3,(H,33,40)(H,34,36,41)/t21-,26?,28?/m1/s1. The number of pyridine rings is 1. The Bertz CT molecular complexity index is 1490. The van der Waals surface area contributed by atoms with Gasteiger partial charge < -0.3 is 20.5 Å². The van der Waals surface area contributed by atoms with Crippen LogP contribution in [0.2, 0.25) is 0 Å². The minimum atomic E-state index is -0.681. The fraction of sp³-hybridized carbons (Fsp3) is 0.438. The molecule has 0 spiro atoms. The molecule has 43 heavy (non-hydrogen) atoms. The molecule has 1 aliphatic carbocycles. The zero-order chi connectivity index (χ0) is 30.7. The number of carbonyl (C=O) groups excluding carboxylic acids is 2. The highest BCUT2D eigenvalue weighted by atomic mass is 32.1. The molecule has 1 saturated heterocycles. The summed E-state index contributed by atoms with van der Waals surface area (Å²) in [6, 6.07) is 7.14. The van der Waals surface area contributed by atoms with Gasteiger partial charge in [0.15, 0.2) is 6.10 Å². The van der Waals surface area contributed by atoms with E-state index in [4.69, 9.17) is 9.72 Å². The van der Waals surface area contributed by atoms with Gasteiger partial charge in [-0.15, -0.1) is 11.3 Å². The Kier molecular flexibility index (Phi) is 9.55. The van der Waals surface area contributed by atoms with Crippen molar-refractivity contribution in [3.63, 3.8) is 0 Å². The molecule has 3 N–H and O–H groups in total. The molecule has 2 amide bonds. The predicted octanol–water partition coefficient (Wildman–Crippen LogP) is 4.27. The highest BCUT2D eigenvalue weighted by Crippen LogP contribution is 2.44. The van der Waals surface area contributed by atoms with E-state index in [0.29, 0.717) is 41.7 Å². The van der Waals surface area contributed by atoms with Gasteiger partial charge in [-0.05, 0) is 74.9 Å². The summed E-state index contributed by atoms with van der Waals surface area (Å²) in [4.78, 5) is 41.0. The SMILES string of the molecule is C=CC(O)N1CCN(CC(Oc2cc(C)c(C(=O)Nc3ncccc3C)cc2C(=O)NC)c2ncc(C3CC3)s2)C[C@H]1C. The highest BCUT2D eigenvalue weighted by Gasteiger charge is 2.32. The van der Waals surface area contributed by atoms with Crippen LogP contribution in [-0.2, 0) is 0 Å². The zero-order valence-electron chi connectivity index (χ0n) is 25.2. The monoisotopic (exact) mass is 604 g/mol. The van der Waals surface area contributed by atoms with E-state index in [1.807, 2.05) is 37.1 Å². The normalized spacial score (nSPS) is 19.0. The van der Waals surface area contributed by atoms with Crippen LogP contribution in [-0.4, -0.2) is 82.2 Å². The number of rotatable bonds is 11. The molecule has 5 rings (SSSR count). The van der Waals surface area contributed by atoms with Crippen molar-refractivity contribution in [2.75, 3.05) is 38.5 Å². The van der Waals surface area contributed by atoms with Gasteiger partial charge in [0.1, 0.15) is 22.8 Å². The Hall–Kier alpha value is -3.64. The summed E-state index contributed by atoms with van der Waals surface area (Å²) in [5.41, 5.74) is 2.15. The van der Waals surface area contributed by atoms with Gasteiger partial charge in [0.05, 0.1) is 5.56 Å². The van der Waals surface area contributed by atoms with Gasteiger partial charge in [0, 0.05) is 62.1 Å². The van der Waals surface area contributed by atoms with Crippen molar-refractivity contribution >= 4 is 29.0 Å². The van der Waals surface area contributed by atoms with E-state index in [9.17, 15) is 14.7 Å². The number of carbonyl (C=O) groups is 2. The molecular formula is C32H40N6O4S. The molecule has 1 aromatic carbocycles. The van der Waals surface area contributed by atoms with Crippen LogP contribution >= 0.6 is 11.3 Å². The second kappa shape index (κ2) is 13.3. The Balaban J connectivity index is 1.43. The molecule has 3 aromatic rings. The van der Waals surface area contributed by atoms with Crippen LogP contribution < -0.4 is 15.4 Å². The summed E-state index contributed by atoms with van der Waals surface area (Å²) >= 11 is 1.67. The molecular weight excluding hydrogens is 564 g/mol. The molecule has 2 aromatic heterocycles. The number of piperazine rings is 1. The molecule has 3 atom stereocenters. The van der Waals surface area contributed by atoms with E-state index >= 15 is 0 Å². The maximum Gasteiger partial charge on any atom is 0.257 e. The number of hydrogen-bond acceptors (Lipinski definition) is 9. The lowest BCUT2D eigenvalue weighted by molar-refractivity contribution is -0.0333. The third kappa shape index (κ3) is 7.13. The van der Waals surface area contributed by atoms with Gasteiger partial charge >= 0.3 is 0 Å².